The molecule has 0 heterocycles. The Morgan fingerprint density at radius 1 is 1.33 bits per heavy atom. The van der Waals surface area contributed by atoms with E-state index in [1.54, 1.807) is 11.9 Å². The van der Waals surface area contributed by atoms with Gasteiger partial charge in [-0.25, -0.2) is 0 Å². The van der Waals surface area contributed by atoms with Crippen LogP contribution in [0.1, 0.15) is 45.7 Å². The normalized spacial score (nSPS) is 12.3. The third-order valence-electron chi connectivity index (χ3n) is 3.59. The summed E-state index contributed by atoms with van der Waals surface area (Å²) >= 11 is 0. The SMILES string of the molecule is CCCNC(C)c1cccc(OCC(=O)N(C)C(C)C)c1. The fraction of sp³-hybridized carbons (Fsp3) is 0.588. The van der Waals surface area contributed by atoms with Crippen molar-refractivity contribution in [1.29, 1.82) is 0 Å². The first-order valence-corrected chi connectivity index (χ1v) is 7.67. The van der Waals surface area contributed by atoms with Crippen molar-refractivity contribution in [3.05, 3.63) is 29.8 Å². The van der Waals surface area contributed by atoms with Gasteiger partial charge in [-0.15, -0.1) is 0 Å². The van der Waals surface area contributed by atoms with Gasteiger partial charge in [0.05, 0.1) is 0 Å². The van der Waals surface area contributed by atoms with E-state index in [1.807, 2.05) is 32.0 Å². The highest BCUT2D eigenvalue weighted by Gasteiger charge is 2.13. The number of likely N-dealkylation sites (N-methyl/N-ethyl adjacent to an activating group) is 1. The van der Waals surface area contributed by atoms with Gasteiger partial charge >= 0.3 is 0 Å². The van der Waals surface area contributed by atoms with Crippen molar-refractivity contribution >= 4 is 5.91 Å². The number of hydrogen-bond acceptors (Lipinski definition) is 3. The second kappa shape index (κ2) is 8.67. The number of ether oxygens (including phenoxy) is 1. The average molecular weight is 292 g/mol. The number of hydrogen-bond donors (Lipinski definition) is 1. The van der Waals surface area contributed by atoms with Crippen LogP contribution in [0.4, 0.5) is 0 Å². The van der Waals surface area contributed by atoms with Gasteiger partial charge < -0.3 is 15.0 Å². The Morgan fingerprint density at radius 2 is 2.05 bits per heavy atom. The lowest BCUT2D eigenvalue weighted by Crippen LogP contribution is -2.36. The van der Waals surface area contributed by atoms with Crippen molar-refractivity contribution in [3.63, 3.8) is 0 Å². The first-order chi connectivity index (χ1) is 9.95. The molecule has 1 atom stereocenters. The fourth-order valence-electron chi connectivity index (χ4n) is 1.89. The summed E-state index contributed by atoms with van der Waals surface area (Å²) < 4.78 is 5.62. The zero-order valence-corrected chi connectivity index (χ0v) is 13.8. The summed E-state index contributed by atoms with van der Waals surface area (Å²) in [4.78, 5) is 13.6. The quantitative estimate of drug-likeness (QED) is 0.801. The molecule has 0 radical (unpaired) electrons. The lowest BCUT2D eigenvalue weighted by Gasteiger charge is -2.21. The van der Waals surface area contributed by atoms with Crippen LogP contribution in [0.25, 0.3) is 0 Å². The maximum Gasteiger partial charge on any atom is 0.260 e. The molecule has 0 fully saturated rings. The second-order valence-corrected chi connectivity index (χ2v) is 5.64. The Bertz CT molecular complexity index is 446. The molecule has 1 unspecified atom stereocenters. The summed E-state index contributed by atoms with van der Waals surface area (Å²) in [7, 11) is 1.80. The van der Waals surface area contributed by atoms with Crippen LogP contribution < -0.4 is 10.1 Å². The average Bonchev–Trinajstić information content (AvgIpc) is 2.49. The largest absolute Gasteiger partial charge is 0.484 e. The van der Waals surface area contributed by atoms with Crippen LogP contribution >= 0.6 is 0 Å². The minimum atomic E-state index is -0.00689. The van der Waals surface area contributed by atoms with Crippen LogP contribution in [-0.2, 0) is 4.79 Å². The number of nitrogens with zero attached hydrogens (tertiary/aromatic N) is 1. The Morgan fingerprint density at radius 3 is 2.67 bits per heavy atom. The molecule has 0 aliphatic carbocycles. The van der Waals surface area contributed by atoms with E-state index in [9.17, 15) is 4.79 Å². The summed E-state index contributed by atoms with van der Waals surface area (Å²) in [5.74, 6) is 0.732. The lowest BCUT2D eigenvalue weighted by atomic mass is 10.1. The van der Waals surface area contributed by atoms with Gasteiger partial charge in [0.2, 0.25) is 0 Å². The minimum absolute atomic E-state index is 0.00689. The van der Waals surface area contributed by atoms with E-state index in [-0.39, 0.29) is 24.6 Å². The van der Waals surface area contributed by atoms with E-state index in [4.69, 9.17) is 4.74 Å². The Hall–Kier alpha value is -1.55. The molecule has 0 saturated carbocycles. The second-order valence-electron chi connectivity index (χ2n) is 5.64. The topological polar surface area (TPSA) is 41.6 Å². The van der Waals surface area contributed by atoms with Crippen molar-refractivity contribution in [3.8, 4) is 5.75 Å². The van der Waals surface area contributed by atoms with Crippen molar-refractivity contribution in [2.45, 2.75) is 46.2 Å². The molecule has 1 aromatic carbocycles. The third-order valence-corrected chi connectivity index (χ3v) is 3.59. The molecule has 1 aromatic rings. The smallest absolute Gasteiger partial charge is 0.260 e. The number of carbonyl (C=O) groups is 1. The van der Waals surface area contributed by atoms with E-state index < -0.39 is 0 Å². The van der Waals surface area contributed by atoms with Crippen molar-refractivity contribution in [2.24, 2.45) is 0 Å². The summed E-state index contributed by atoms with van der Waals surface area (Å²) in [5.41, 5.74) is 1.17. The molecule has 118 valence electrons. The summed E-state index contributed by atoms with van der Waals surface area (Å²) in [6.45, 7) is 9.32. The zero-order chi connectivity index (χ0) is 15.8. The number of nitrogens with one attached hydrogen (secondary N) is 1. The molecule has 4 nitrogen and oxygen atoms in total. The zero-order valence-electron chi connectivity index (χ0n) is 13.8. The monoisotopic (exact) mass is 292 g/mol. The van der Waals surface area contributed by atoms with E-state index in [0.29, 0.717) is 0 Å². The van der Waals surface area contributed by atoms with E-state index in [2.05, 4.69) is 25.2 Å². The van der Waals surface area contributed by atoms with Gasteiger partial charge in [0, 0.05) is 19.1 Å². The molecule has 0 bridgehead atoms. The summed E-state index contributed by atoms with van der Waals surface area (Å²) in [6, 6.07) is 8.38. The summed E-state index contributed by atoms with van der Waals surface area (Å²) in [6.07, 6.45) is 1.11. The molecule has 0 aliphatic rings. The first-order valence-electron chi connectivity index (χ1n) is 7.67. The number of carbonyl (C=O) groups excluding carboxylic acids is 1. The van der Waals surface area contributed by atoms with Crippen molar-refractivity contribution in [1.82, 2.24) is 10.2 Å². The molecule has 0 aromatic heterocycles. The van der Waals surface area contributed by atoms with Crippen LogP contribution in [0.15, 0.2) is 24.3 Å². The van der Waals surface area contributed by atoms with Crippen LogP contribution in [0, 0.1) is 0 Å². The van der Waals surface area contributed by atoms with E-state index in [1.165, 1.54) is 5.56 Å². The van der Waals surface area contributed by atoms with Gasteiger partial charge in [0.1, 0.15) is 5.75 Å². The lowest BCUT2D eigenvalue weighted by molar-refractivity contribution is -0.133. The summed E-state index contributed by atoms with van der Waals surface area (Å²) in [5, 5.41) is 3.44. The first kappa shape index (κ1) is 17.5. The fourth-order valence-corrected chi connectivity index (χ4v) is 1.89. The number of amides is 1. The maximum atomic E-state index is 11.9. The molecule has 21 heavy (non-hydrogen) atoms. The van der Waals surface area contributed by atoms with Crippen LogP contribution in [-0.4, -0.2) is 37.0 Å². The molecule has 4 heteroatoms. The van der Waals surface area contributed by atoms with Crippen LogP contribution in [0.3, 0.4) is 0 Å². The highest BCUT2D eigenvalue weighted by molar-refractivity contribution is 5.77. The van der Waals surface area contributed by atoms with E-state index in [0.717, 1.165) is 18.7 Å². The standard InChI is InChI=1S/C17H28N2O2/c1-6-10-18-14(4)15-8-7-9-16(11-15)21-12-17(20)19(5)13(2)3/h7-9,11,13-14,18H,6,10,12H2,1-5H3. The van der Waals surface area contributed by atoms with Crippen molar-refractivity contribution in [2.75, 3.05) is 20.2 Å². The van der Waals surface area contributed by atoms with Gasteiger partial charge in [-0.05, 0) is 51.4 Å². The molecule has 0 aliphatic heterocycles. The van der Waals surface area contributed by atoms with Gasteiger partial charge in [-0.3, -0.25) is 4.79 Å². The van der Waals surface area contributed by atoms with Gasteiger partial charge in [0.15, 0.2) is 6.61 Å². The molecule has 1 amide bonds. The predicted molar refractivity (Wildman–Crippen MR) is 86.6 cm³/mol. The molecular weight excluding hydrogens is 264 g/mol. The van der Waals surface area contributed by atoms with E-state index >= 15 is 0 Å². The molecular formula is C17H28N2O2. The minimum Gasteiger partial charge on any atom is -0.484 e. The number of benzene rings is 1. The molecule has 1 N–H and O–H groups in total. The maximum absolute atomic E-state index is 11.9. The predicted octanol–water partition coefficient (Wildman–Crippen LogP) is 2.99. The Labute approximate surface area is 128 Å². The van der Waals surface area contributed by atoms with Crippen LogP contribution in [0.2, 0.25) is 0 Å². The Kier molecular flexibility index (Phi) is 7.23. The van der Waals surface area contributed by atoms with Crippen LogP contribution in [0.5, 0.6) is 5.75 Å². The molecule has 0 spiro atoms. The highest BCUT2D eigenvalue weighted by Crippen LogP contribution is 2.19. The highest BCUT2D eigenvalue weighted by atomic mass is 16.5. The Balaban J connectivity index is 2.58. The molecule has 1 rings (SSSR count). The van der Waals surface area contributed by atoms with Gasteiger partial charge in [-0.2, -0.15) is 0 Å². The van der Waals surface area contributed by atoms with Gasteiger partial charge in [0.25, 0.3) is 5.91 Å². The van der Waals surface area contributed by atoms with Gasteiger partial charge in [-0.1, -0.05) is 19.1 Å². The number of rotatable bonds is 8. The molecule has 0 saturated heterocycles. The third kappa shape index (κ3) is 5.76. The van der Waals surface area contributed by atoms with Crippen molar-refractivity contribution < 1.29 is 9.53 Å².